The van der Waals surface area contributed by atoms with Gasteiger partial charge in [-0.15, -0.1) is 0 Å². The van der Waals surface area contributed by atoms with E-state index in [0.29, 0.717) is 5.82 Å². The Labute approximate surface area is 209 Å². The van der Waals surface area contributed by atoms with Crippen molar-refractivity contribution in [3.63, 3.8) is 0 Å². The van der Waals surface area contributed by atoms with Crippen LogP contribution in [0, 0.1) is 0 Å². The Hall–Kier alpha value is -3.48. The first-order valence-corrected chi connectivity index (χ1v) is 12.3. The first-order valence-electron chi connectivity index (χ1n) is 12.3. The van der Waals surface area contributed by atoms with Crippen molar-refractivity contribution in [3.05, 3.63) is 77.9 Å². The minimum Gasteiger partial charge on any atom is -0.443 e. The highest BCUT2D eigenvalue weighted by atomic mass is 16.6. The molecule has 7 nitrogen and oxygen atoms in total. The van der Waals surface area contributed by atoms with Gasteiger partial charge in [-0.3, -0.25) is 14.9 Å². The second-order valence-corrected chi connectivity index (χ2v) is 9.60. The van der Waals surface area contributed by atoms with Crippen LogP contribution in [0.3, 0.4) is 0 Å². The molecule has 3 heterocycles. The summed E-state index contributed by atoms with van der Waals surface area (Å²) >= 11 is 0. The summed E-state index contributed by atoms with van der Waals surface area (Å²) in [6.45, 7) is 6.30. The number of amides is 1. The Morgan fingerprint density at radius 2 is 1.51 bits per heavy atom. The van der Waals surface area contributed by atoms with Crippen LogP contribution >= 0.6 is 0 Å². The molecule has 35 heavy (non-hydrogen) atoms. The van der Waals surface area contributed by atoms with Gasteiger partial charge in [-0.25, -0.2) is 9.78 Å². The number of carbonyl (C=O) groups excluding carboxylic acids is 1. The predicted octanol–water partition coefficient (Wildman–Crippen LogP) is 5.85. The van der Waals surface area contributed by atoms with E-state index < -0.39 is 11.7 Å². The van der Waals surface area contributed by atoms with Gasteiger partial charge < -0.3 is 10.1 Å². The summed E-state index contributed by atoms with van der Waals surface area (Å²) in [6, 6.07) is 17.9. The van der Waals surface area contributed by atoms with Crippen molar-refractivity contribution in [2.24, 2.45) is 0 Å². The van der Waals surface area contributed by atoms with Crippen LogP contribution in [-0.2, 0) is 24.0 Å². The van der Waals surface area contributed by atoms with Crippen LogP contribution in [0.15, 0.2) is 60.8 Å². The first kappa shape index (κ1) is 26.1. The van der Waals surface area contributed by atoms with E-state index in [0.717, 1.165) is 68.0 Å². The maximum atomic E-state index is 12.3. The molecular weight excluding hydrogens is 438 g/mol. The van der Waals surface area contributed by atoms with Crippen molar-refractivity contribution in [3.8, 4) is 0 Å². The fourth-order valence-corrected chi connectivity index (χ4v) is 3.58. The number of aromatic nitrogens is 3. The minimum atomic E-state index is -0.549. The molecule has 0 saturated heterocycles. The van der Waals surface area contributed by atoms with Crippen molar-refractivity contribution in [2.75, 3.05) is 23.8 Å². The van der Waals surface area contributed by atoms with Gasteiger partial charge in [0, 0.05) is 36.9 Å². The zero-order chi connectivity index (χ0) is 25.1. The number of unbranched alkanes of at least 4 members (excludes halogenated alkanes) is 1. The molecule has 0 aromatic carbocycles. The SMILES string of the molecule is CN(C(=O)OC(C)(C)C)c1cccc(NCCCc2cccc(CCCCc3ccccn3)n2)n1. The Bertz CT molecular complexity index is 1070. The predicted molar refractivity (Wildman–Crippen MR) is 141 cm³/mol. The van der Waals surface area contributed by atoms with E-state index >= 15 is 0 Å². The summed E-state index contributed by atoms with van der Waals surface area (Å²) in [5.74, 6) is 1.27. The lowest BCUT2D eigenvalue weighted by molar-refractivity contribution is 0.0588. The fraction of sp³-hybridized carbons (Fsp3) is 0.429. The number of anilines is 2. The molecule has 0 saturated carbocycles. The van der Waals surface area contributed by atoms with Crippen LogP contribution in [-0.4, -0.2) is 40.2 Å². The number of rotatable bonds is 11. The Balaban J connectivity index is 1.40. The third kappa shape index (κ3) is 9.35. The smallest absolute Gasteiger partial charge is 0.415 e. The first-order chi connectivity index (χ1) is 16.8. The summed E-state index contributed by atoms with van der Waals surface area (Å²) in [5.41, 5.74) is 2.86. The highest BCUT2D eigenvalue weighted by Gasteiger charge is 2.21. The lowest BCUT2D eigenvalue weighted by Gasteiger charge is -2.24. The molecule has 0 fully saturated rings. The highest BCUT2D eigenvalue weighted by Crippen LogP contribution is 2.17. The van der Waals surface area contributed by atoms with E-state index in [9.17, 15) is 4.79 Å². The van der Waals surface area contributed by atoms with Gasteiger partial charge in [-0.2, -0.15) is 0 Å². The van der Waals surface area contributed by atoms with Gasteiger partial charge >= 0.3 is 6.09 Å². The van der Waals surface area contributed by atoms with Gasteiger partial charge in [-0.05, 0) is 95.7 Å². The molecule has 0 bridgehead atoms. The largest absolute Gasteiger partial charge is 0.443 e. The number of carbonyl (C=O) groups is 1. The molecule has 3 rings (SSSR count). The Morgan fingerprint density at radius 3 is 2.20 bits per heavy atom. The quantitative estimate of drug-likeness (QED) is 0.350. The van der Waals surface area contributed by atoms with Gasteiger partial charge in [0.25, 0.3) is 0 Å². The van der Waals surface area contributed by atoms with Crippen molar-refractivity contribution in [2.45, 2.75) is 64.9 Å². The monoisotopic (exact) mass is 475 g/mol. The normalized spacial score (nSPS) is 11.2. The van der Waals surface area contributed by atoms with Crippen molar-refractivity contribution in [1.82, 2.24) is 15.0 Å². The summed E-state index contributed by atoms with van der Waals surface area (Å²) in [4.78, 5) is 27.5. The van der Waals surface area contributed by atoms with Crippen LogP contribution in [0.5, 0.6) is 0 Å². The number of nitrogens with one attached hydrogen (secondary N) is 1. The average Bonchev–Trinajstić information content (AvgIpc) is 2.84. The third-order valence-electron chi connectivity index (χ3n) is 5.37. The Kier molecular flexibility index (Phi) is 9.58. The van der Waals surface area contributed by atoms with E-state index in [1.165, 1.54) is 4.90 Å². The molecule has 3 aromatic heterocycles. The van der Waals surface area contributed by atoms with E-state index in [2.05, 4.69) is 39.6 Å². The van der Waals surface area contributed by atoms with Crippen LogP contribution in [0.4, 0.5) is 16.4 Å². The summed E-state index contributed by atoms with van der Waals surface area (Å²) in [6.07, 6.45) is 7.47. The van der Waals surface area contributed by atoms with Crippen LogP contribution in [0.2, 0.25) is 0 Å². The van der Waals surface area contributed by atoms with Crippen LogP contribution in [0.1, 0.15) is 57.1 Å². The second kappa shape index (κ2) is 12.8. The molecule has 186 valence electrons. The molecule has 0 unspecified atom stereocenters. The molecule has 0 aliphatic carbocycles. The number of aryl methyl sites for hydroxylation is 3. The van der Waals surface area contributed by atoms with Gasteiger partial charge in [-0.1, -0.05) is 18.2 Å². The molecule has 0 radical (unpaired) electrons. The third-order valence-corrected chi connectivity index (χ3v) is 5.37. The molecule has 1 amide bonds. The minimum absolute atomic E-state index is 0.426. The van der Waals surface area contributed by atoms with E-state index in [1.54, 1.807) is 13.1 Å². The lowest BCUT2D eigenvalue weighted by atomic mass is 10.1. The lowest BCUT2D eigenvalue weighted by Crippen LogP contribution is -2.34. The number of pyridine rings is 3. The molecular formula is C28H37N5O2. The van der Waals surface area contributed by atoms with Crippen molar-refractivity contribution < 1.29 is 9.53 Å². The van der Waals surface area contributed by atoms with E-state index in [4.69, 9.17) is 9.72 Å². The maximum Gasteiger partial charge on any atom is 0.415 e. The van der Waals surface area contributed by atoms with Gasteiger partial charge in [0.05, 0.1) is 0 Å². The summed E-state index contributed by atoms with van der Waals surface area (Å²) in [7, 11) is 1.66. The molecule has 7 heteroatoms. The van der Waals surface area contributed by atoms with Gasteiger partial charge in [0.2, 0.25) is 0 Å². The van der Waals surface area contributed by atoms with Crippen LogP contribution in [0.25, 0.3) is 0 Å². The van der Waals surface area contributed by atoms with E-state index in [1.807, 2.05) is 51.2 Å². The summed E-state index contributed by atoms with van der Waals surface area (Å²) < 4.78 is 5.42. The number of nitrogens with zero attached hydrogens (tertiary/aromatic N) is 4. The maximum absolute atomic E-state index is 12.3. The molecule has 3 aromatic rings. The molecule has 0 aliphatic rings. The highest BCUT2D eigenvalue weighted by molar-refractivity contribution is 5.86. The van der Waals surface area contributed by atoms with Crippen molar-refractivity contribution in [1.29, 1.82) is 0 Å². The standard InChI is InChI=1S/C28H37N5O2/c1-28(2,3)35-27(34)33(4)26-19-10-18-25(32-26)30-21-11-17-24-16-9-15-23(31-24)14-6-5-12-22-13-7-8-20-29-22/h7-10,13,15-16,18-20H,5-6,11-12,14,17,21H2,1-4H3,(H,30,32). The van der Waals surface area contributed by atoms with Crippen LogP contribution < -0.4 is 10.2 Å². The zero-order valence-electron chi connectivity index (χ0n) is 21.3. The second-order valence-electron chi connectivity index (χ2n) is 9.60. The van der Waals surface area contributed by atoms with Crippen molar-refractivity contribution >= 4 is 17.7 Å². The number of hydrogen-bond donors (Lipinski definition) is 1. The number of ether oxygens (including phenoxy) is 1. The molecule has 1 N–H and O–H groups in total. The van der Waals surface area contributed by atoms with Gasteiger partial charge in [0.1, 0.15) is 17.2 Å². The van der Waals surface area contributed by atoms with Gasteiger partial charge in [0.15, 0.2) is 0 Å². The molecule has 0 atom stereocenters. The fourth-order valence-electron chi connectivity index (χ4n) is 3.58. The topological polar surface area (TPSA) is 80.2 Å². The molecule has 0 spiro atoms. The van der Waals surface area contributed by atoms with E-state index in [-0.39, 0.29) is 0 Å². The average molecular weight is 476 g/mol. The summed E-state index contributed by atoms with van der Waals surface area (Å²) in [5, 5.41) is 3.35. The number of hydrogen-bond acceptors (Lipinski definition) is 6. The molecule has 0 aliphatic heterocycles. The zero-order valence-corrected chi connectivity index (χ0v) is 21.3. The Morgan fingerprint density at radius 1 is 0.857 bits per heavy atom.